The number of methoxy groups -OCH3 is 1. The number of carbonyl (C=O) groups excluding carboxylic acids is 1. The number of aromatic nitrogens is 2. The number of esters is 1. The first kappa shape index (κ1) is 15.7. The predicted molar refractivity (Wildman–Crippen MR) is 74.0 cm³/mol. The topological polar surface area (TPSA) is 88.1 Å². The smallest absolute Gasteiger partial charge is 0.325 e. The number of carbonyl (C=O) groups is 1. The molecular weight excluding hydrogens is 289 g/mol. The van der Waals surface area contributed by atoms with Gasteiger partial charge in [-0.2, -0.15) is 5.26 Å². The zero-order valence-electron chi connectivity index (χ0n) is 12.1. The third-order valence-corrected chi connectivity index (χ3v) is 3.39. The molecule has 1 atom stereocenters. The highest BCUT2D eigenvalue weighted by Gasteiger charge is 2.30. The van der Waals surface area contributed by atoms with Crippen molar-refractivity contribution in [2.45, 2.75) is 19.1 Å². The van der Waals surface area contributed by atoms with E-state index in [2.05, 4.69) is 9.72 Å². The van der Waals surface area contributed by atoms with Gasteiger partial charge in [0.1, 0.15) is 24.0 Å². The number of ether oxygens (including phenoxy) is 1. The highest BCUT2D eigenvalue weighted by molar-refractivity contribution is 5.69. The number of hydrogen-bond donors (Lipinski definition) is 1. The Morgan fingerprint density at radius 1 is 1.59 bits per heavy atom. The van der Waals surface area contributed by atoms with Crippen LogP contribution in [0.3, 0.4) is 0 Å². The fraction of sp³-hybridized carbons (Fsp3) is 0.267. The van der Waals surface area contributed by atoms with Gasteiger partial charge in [-0.15, -0.1) is 0 Å². The monoisotopic (exact) mass is 303 g/mol. The Balaban J connectivity index is 2.43. The summed E-state index contributed by atoms with van der Waals surface area (Å²) < 4.78 is 19.8. The van der Waals surface area contributed by atoms with Gasteiger partial charge in [-0.1, -0.05) is 6.07 Å². The van der Waals surface area contributed by atoms with Crippen LogP contribution in [-0.2, 0) is 21.7 Å². The lowest BCUT2D eigenvalue weighted by molar-refractivity contribution is -0.141. The standard InChI is InChI=1S/C15H14FN3O3/c1-15(21,11-4-3-10(6-17)12(16)5-11)13-7-18-9-19(13)8-14(20)22-2/h3-5,7,9,21H,8H2,1-2H3. The van der Waals surface area contributed by atoms with Crippen molar-refractivity contribution in [2.24, 2.45) is 0 Å². The van der Waals surface area contributed by atoms with E-state index >= 15 is 0 Å². The molecule has 0 aliphatic heterocycles. The first-order valence-corrected chi connectivity index (χ1v) is 6.40. The average molecular weight is 303 g/mol. The number of nitrogens with zero attached hydrogens (tertiary/aromatic N) is 3. The third-order valence-electron chi connectivity index (χ3n) is 3.39. The van der Waals surface area contributed by atoms with Crippen molar-refractivity contribution >= 4 is 5.97 Å². The molecule has 0 saturated carbocycles. The van der Waals surface area contributed by atoms with Crippen LogP contribution in [-0.4, -0.2) is 27.7 Å². The van der Waals surface area contributed by atoms with E-state index in [1.54, 1.807) is 6.07 Å². The van der Waals surface area contributed by atoms with Crippen molar-refractivity contribution in [1.29, 1.82) is 5.26 Å². The number of benzene rings is 1. The highest BCUT2D eigenvalue weighted by Crippen LogP contribution is 2.30. The number of imidazole rings is 1. The van der Waals surface area contributed by atoms with Gasteiger partial charge in [-0.3, -0.25) is 4.79 Å². The van der Waals surface area contributed by atoms with Gasteiger partial charge >= 0.3 is 5.97 Å². The Hall–Kier alpha value is -2.72. The summed E-state index contributed by atoms with van der Waals surface area (Å²) in [5.41, 5.74) is -1.14. The Bertz CT molecular complexity index is 747. The molecule has 1 unspecified atom stereocenters. The summed E-state index contributed by atoms with van der Waals surface area (Å²) in [6.45, 7) is 1.33. The van der Waals surface area contributed by atoms with Crippen molar-refractivity contribution < 1.29 is 19.0 Å². The van der Waals surface area contributed by atoms with E-state index in [0.717, 1.165) is 6.07 Å². The fourth-order valence-electron chi connectivity index (χ4n) is 2.11. The first-order valence-electron chi connectivity index (χ1n) is 6.40. The van der Waals surface area contributed by atoms with Gasteiger partial charge in [0, 0.05) is 0 Å². The quantitative estimate of drug-likeness (QED) is 0.861. The van der Waals surface area contributed by atoms with Crippen LogP contribution in [0.4, 0.5) is 4.39 Å². The molecule has 0 aliphatic carbocycles. The van der Waals surface area contributed by atoms with Crippen LogP contribution in [0.15, 0.2) is 30.7 Å². The molecule has 0 radical (unpaired) electrons. The van der Waals surface area contributed by atoms with Crippen LogP contribution in [0.5, 0.6) is 0 Å². The Morgan fingerprint density at radius 3 is 2.91 bits per heavy atom. The molecule has 1 heterocycles. The molecule has 1 aromatic carbocycles. The summed E-state index contributed by atoms with van der Waals surface area (Å²) in [6.07, 6.45) is 2.76. The summed E-state index contributed by atoms with van der Waals surface area (Å²) in [5.74, 6) is -1.22. The zero-order chi connectivity index (χ0) is 16.3. The minimum absolute atomic E-state index is 0.109. The summed E-state index contributed by atoms with van der Waals surface area (Å²) in [5, 5.41) is 19.5. The molecule has 0 amide bonds. The molecular formula is C15H14FN3O3. The van der Waals surface area contributed by atoms with Gasteiger partial charge in [0.2, 0.25) is 0 Å². The number of hydrogen-bond acceptors (Lipinski definition) is 5. The molecule has 2 aromatic rings. The maximum absolute atomic E-state index is 13.8. The van der Waals surface area contributed by atoms with Crippen molar-refractivity contribution in [2.75, 3.05) is 7.11 Å². The second kappa shape index (κ2) is 5.95. The van der Waals surface area contributed by atoms with E-state index in [-0.39, 0.29) is 17.7 Å². The lowest BCUT2D eigenvalue weighted by atomic mass is 9.92. The largest absolute Gasteiger partial charge is 0.468 e. The summed E-state index contributed by atoms with van der Waals surface area (Å²) in [7, 11) is 1.26. The Labute approximate surface area is 126 Å². The zero-order valence-corrected chi connectivity index (χ0v) is 12.1. The molecule has 1 aromatic heterocycles. The van der Waals surface area contributed by atoms with Crippen molar-refractivity contribution in [1.82, 2.24) is 9.55 Å². The SMILES string of the molecule is COC(=O)Cn1cncc1C(C)(O)c1ccc(C#N)c(F)c1. The first-order chi connectivity index (χ1) is 10.4. The molecule has 0 aliphatic rings. The molecule has 114 valence electrons. The molecule has 0 saturated heterocycles. The lowest BCUT2D eigenvalue weighted by Crippen LogP contribution is -2.28. The maximum atomic E-state index is 13.8. The minimum atomic E-state index is -1.58. The van der Waals surface area contributed by atoms with Crippen LogP contribution < -0.4 is 0 Å². The molecule has 22 heavy (non-hydrogen) atoms. The van der Waals surface area contributed by atoms with Gasteiger partial charge in [0.25, 0.3) is 0 Å². The number of rotatable bonds is 4. The van der Waals surface area contributed by atoms with Crippen LogP contribution in [0, 0.1) is 17.1 Å². The normalized spacial score (nSPS) is 13.2. The summed E-state index contributed by atoms with van der Waals surface area (Å²) in [4.78, 5) is 15.3. The van der Waals surface area contributed by atoms with Crippen molar-refractivity contribution in [3.63, 3.8) is 0 Å². The second-order valence-corrected chi connectivity index (χ2v) is 4.86. The molecule has 6 nitrogen and oxygen atoms in total. The molecule has 0 bridgehead atoms. The Kier molecular flexibility index (Phi) is 4.24. The average Bonchev–Trinajstić information content (AvgIpc) is 2.95. The van der Waals surface area contributed by atoms with Gasteiger partial charge in [0.05, 0.1) is 30.9 Å². The molecule has 0 spiro atoms. The van der Waals surface area contributed by atoms with E-state index < -0.39 is 17.4 Å². The predicted octanol–water partition coefficient (Wildman–Crippen LogP) is 1.32. The number of halogens is 1. The van der Waals surface area contributed by atoms with Crippen LogP contribution >= 0.6 is 0 Å². The fourth-order valence-corrected chi connectivity index (χ4v) is 2.11. The molecule has 2 rings (SSSR count). The van der Waals surface area contributed by atoms with Crippen molar-refractivity contribution in [3.05, 3.63) is 53.4 Å². The van der Waals surface area contributed by atoms with E-state index in [9.17, 15) is 14.3 Å². The van der Waals surface area contributed by atoms with E-state index in [1.165, 1.54) is 43.3 Å². The Morgan fingerprint density at radius 2 is 2.32 bits per heavy atom. The van der Waals surface area contributed by atoms with Gasteiger partial charge < -0.3 is 14.4 Å². The van der Waals surface area contributed by atoms with Gasteiger partial charge in [-0.05, 0) is 24.6 Å². The minimum Gasteiger partial charge on any atom is -0.468 e. The van der Waals surface area contributed by atoms with E-state index in [4.69, 9.17) is 5.26 Å². The van der Waals surface area contributed by atoms with Gasteiger partial charge in [0.15, 0.2) is 0 Å². The van der Waals surface area contributed by atoms with Crippen LogP contribution in [0.1, 0.15) is 23.7 Å². The molecule has 0 fully saturated rings. The van der Waals surface area contributed by atoms with Crippen LogP contribution in [0.25, 0.3) is 0 Å². The number of aliphatic hydroxyl groups is 1. The summed E-state index contributed by atoms with van der Waals surface area (Å²) >= 11 is 0. The summed E-state index contributed by atoms with van der Waals surface area (Å²) in [6, 6.07) is 5.56. The number of nitriles is 1. The third kappa shape index (κ3) is 2.82. The lowest BCUT2D eigenvalue weighted by Gasteiger charge is -2.25. The van der Waals surface area contributed by atoms with Gasteiger partial charge in [-0.25, -0.2) is 9.37 Å². The maximum Gasteiger partial charge on any atom is 0.325 e. The van der Waals surface area contributed by atoms with Crippen molar-refractivity contribution in [3.8, 4) is 6.07 Å². The second-order valence-electron chi connectivity index (χ2n) is 4.86. The molecule has 7 heteroatoms. The highest BCUT2D eigenvalue weighted by atomic mass is 19.1. The van der Waals surface area contributed by atoms with Crippen LogP contribution in [0.2, 0.25) is 0 Å². The molecule has 1 N–H and O–H groups in total. The van der Waals surface area contributed by atoms with E-state index in [1.807, 2.05) is 0 Å². The van der Waals surface area contributed by atoms with E-state index in [0.29, 0.717) is 5.69 Å².